The van der Waals surface area contributed by atoms with E-state index < -0.39 is 0 Å². The Morgan fingerprint density at radius 3 is 2.56 bits per heavy atom. The van der Waals surface area contributed by atoms with Crippen LogP contribution in [0.4, 0.5) is 0 Å². The second kappa shape index (κ2) is 7.00. The van der Waals surface area contributed by atoms with Crippen LogP contribution >= 0.6 is 11.3 Å². The van der Waals surface area contributed by atoms with Gasteiger partial charge in [-0.25, -0.2) is 4.68 Å². The summed E-state index contributed by atoms with van der Waals surface area (Å²) in [5.41, 5.74) is 5.44. The number of fused-ring (bicyclic) bond motifs is 1. The van der Waals surface area contributed by atoms with Crippen LogP contribution in [0, 0.1) is 20.8 Å². The first kappa shape index (κ1) is 17.5. The molecule has 27 heavy (non-hydrogen) atoms. The highest BCUT2D eigenvalue weighted by molar-refractivity contribution is 7.20. The zero-order valence-electron chi connectivity index (χ0n) is 15.6. The number of amides is 1. The molecule has 0 spiro atoms. The van der Waals surface area contributed by atoms with Crippen molar-refractivity contribution >= 4 is 27.5 Å². The van der Waals surface area contributed by atoms with Crippen LogP contribution in [0.3, 0.4) is 0 Å². The molecular formula is C22H21N3OS. The summed E-state index contributed by atoms with van der Waals surface area (Å²) in [5.74, 6) is -0.0491. The summed E-state index contributed by atoms with van der Waals surface area (Å²) >= 11 is 1.48. The van der Waals surface area contributed by atoms with E-state index in [2.05, 4.69) is 48.5 Å². The average molecular weight is 375 g/mol. The van der Waals surface area contributed by atoms with Gasteiger partial charge >= 0.3 is 0 Å². The fourth-order valence-corrected chi connectivity index (χ4v) is 4.17. The molecule has 5 heteroatoms. The third-order valence-corrected chi connectivity index (χ3v) is 5.70. The molecule has 0 bridgehead atoms. The zero-order chi connectivity index (χ0) is 19.0. The van der Waals surface area contributed by atoms with Crippen LogP contribution in [0.15, 0.2) is 54.6 Å². The lowest BCUT2D eigenvalue weighted by Crippen LogP contribution is -2.21. The van der Waals surface area contributed by atoms with Crippen molar-refractivity contribution in [3.63, 3.8) is 0 Å². The SMILES string of the molecule is Cc1ccc(CNC(=O)c2cc3c(C)nn(-c4cccc(C)c4)c3s2)cc1. The van der Waals surface area contributed by atoms with E-state index in [1.165, 1.54) is 22.5 Å². The Balaban J connectivity index is 1.60. The second-order valence-electron chi connectivity index (χ2n) is 6.83. The largest absolute Gasteiger partial charge is 0.347 e. The van der Waals surface area contributed by atoms with E-state index in [1.807, 2.05) is 41.9 Å². The van der Waals surface area contributed by atoms with Gasteiger partial charge in [0.25, 0.3) is 5.91 Å². The van der Waals surface area contributed by atoms with Gasteiger partial charge in [-0.3, -0.25) is 4.79 Å². The van der Waals surface area contributed by atoms with Gasteiger partial charge in [0.1, 0.15) is 4.83 Å². The molecule has 4 aromatic rings. The van der Waals surface area contributed by atoms with Gasteiger partial charge in [0.05, 0.1) is 16.3 Å². The number of carbonyl (C=O) groups is 1. The van der Waals surface area contributed by atoms with Gasteiger partial charge in [0.2, 0.25) is 0 Å². The summed E-state index contributed by atoms with van der Waals surface area (Å²) in [6.07, 6.45) is 0. The van der Waals surface area contributed by atoms with Crippen molar-refractivity contribution in [2.24, 2.45) is 0 Å². The highest BCUT2D eigenvalue weighted by Crippen LogP contribution is 2.30. The molecule has 1 amide bonds. The van der Waals surface area contributed by atoms with Crippen molar-refractivity contribution in [1.29, 1.82) is 0 Å². The third kappa shape index (κ3) is 3.51. The van der Waals surface area contributed by atoms with Gasteiger partial charge in [-0.05, 0) is 50.1 Å². The first-order valence-electron chi connectivity index (χ1n) is 8.91. The number of aromatic nitrogens is 2. The molecule has 0 unspecified atom stereocenters. The van der Waals surface area contributed by atoms with E-state index in [9.17, 15) is 4.79 Å². The first-order chi connectivity index (χ1) is 13.0. The van der Waals surface area contributed by atoms with E-state index in [1.54, 1.807) is 0 Å². The Labute approximate surface area is 162 Å². The molecule has 4 nitrogen and oxygen atoms in total. The molecule has 0 saturated heterocycles. The molecule has 2 heterocycles. The summed E-state index contributed by atoms with van der Waals surface area (Å²) in [7, 11) is 0. The summed E-state index contributed by atoms with van der Waals surface area (Å²) in [6, 6.07) is 18.4. The van der Waals surface area contributed by atoms with Crippen molar-refractivity contribution < 1.29 is 4.79 Å². The number of nitrogens with zero attached hydrogens (tertiary/aromatic N) is 2. The fraction of sp³-hybridized carbons (Fsp3) is 0.182. The monoisotopic (exact) mass is 375 g/mol. The molecule has 0 atom stereocenters. The number of thiophene rings is 1. The maximum absolute atomic E-state index is 12.6. The van der Waals surface area contributed by atoms with Crippen LogP contribution in [0.5, 0.6) is 0 Å². The summed E-state index contributed by atoms with van der Waals surface area (Å²) in [6.45, 7) is 6.63. The Morgan fingerprint density at radius 2 is 1.81 bits per heavy atom. The molecule has 4 rings (SSSR count). The van der Waals surface area contributed by atoms with Crippen LogP contribution in [-0.2, 0) is 6.54 Å². The van der Waals surface area contributed by atoms with Crippen molar-refractivity contribution in [1.82, 2.24) is 15.1 Å². The van der Waals surface area contributed by atoms with Gasteiger partial charge < -0.3 is 5.32 Å². The van der Waals surface area contributed by atoms with Gasteiger partial charge in [-0.1, -0.05) is 42.0 Å². The quantitative estimate of drug-likeness (QED) is 0.549. The Kier molecular flexibility index (Phi) is 4.54. The lowest BCUT2D eigenvalue weighted by Gasteiger charge is -2.05. The lowest BCUT2D eigenvalue weighted by molar-refractivity contribution is 0.0955. The molecule has 0 radical (unpaired) electrons. The number of nitrogens with one attached hydrogen (secondary N) is 1. The number of carbonyl (C=O) groups excluding carboxylic acids is 1. The van der Waals surface area contributed by atoms with Gasteiger partial charge in [-0.15, -0.1) is 11.3 Å². The van der Waals surface area contributed by atoms with E-state index in [0.29, 0.717) is 11.4 Å². The van der Waals surface area contributed by atoms with Gasteiger partial charge in [-0.2, -0.15) is 5.10 Å². The van der Waals surface area contributed by atoms with Crippen LogP contribution in [0.1, 0.15) is 32.1 Å². The third-order valence-electron chi connectivity index (χ3n) is 4.59. The molecule has 2 aromatic carbocycles. The minimum Gasteiger partial charge on any atom is -0.347 e. The van der Waals surface area contributed by atoms with Crippen LogP contribution in [-0.4, -0.2) is 15.7 Å². The fourth-order valence-electron chi connectivity index (χ4n) is 3.07. The minimum atomic E-state index is -0.0491. The van der Waals surface area contributed by atoms with Gasteiger partial charge in [0, 0.05) is 11.9 Å². The average Bonchev–Trinajstić information content (AvgIpc) is 3.22. The number of rotatable bonds is 4. The smallest absolute Gasteiger partial charge is 0.261 e. The zero-order valence-corrected chi connectivity index (χ0v) is 16.4. The maximum Gasteiger partial charge on any atom is 0.261 e. The van der Waals surface area contributed by atoms with E-state index in [0.717, 1.165) is 27.2 Å². The van der Waals surface area contributed by atoms with E-state index >= 15 is 0 Å². The topological polar surface area (TPSA) is 46.9 Å². The van der Waals surface area contributed by atoms with Crippen LogP contribution in [0.25, 0.3) is 15.9 Å². The molecule has 0 aliphatic heterocycles. The molecule has 136 valence electrons. The molecular weight excluding hydrogens is 354 g/mol. The van der Waals surface area contributed by atoms with Crippen molar-refractivity contribution in [2.45, 2.75) is 27.3 Å². The molecule has 1 N–H and O–H groups in total. The molecule has 0 aliphatic carbocycles. The van der Waals surface area contributed by atoms with Crippen LogP contribution < -0.4 is 5.32 Å². The Bertz CT molecular complexity index is 1120. The van der Waals surface area contributed by atoms with Crippen molar-refractivity contribution in [3.8, 4) is 5.69 Å². The van der Waals surface area contributed by atoms with E-state index in [-0.39, 0.29) is 5.91 Å². The normalized spacial score (nSPS) is 11.1. The molecule has 2 aromatic heterocycles. The van der Waals surface area contributed by atoms with Crippen molar-refractivity contribution in [3.05, 3.63) is 81.9 Å². The molecule has 0 aliphatic rings. The number of benzene rings is 2. The lowest BCUT2D eigenvalue weighted by atomic mass is 10.1. The first-order valence-corrected chi connectivity index (χ1v) is 9.73. The predicted molar refractivity (Wildman–Crippen MR) is 111 cm³/mol. The van der Waals surface area contributed by atoms with E-state index in [4.69, 9.17) is 0 Å². The highest BCUT2D eigenvalue weighted by Gasteiger charge is 2.17. The number of hydrogen-bond acceptors (Lipinski definition) is 3. The standard InChI is InChI=1S/C22H21N3OS/c1-14-7-9-17(10-8-14)13-23-21(26)20-12-19-16(3)24-25(22(19)27-20)18-6-4-5-15(2)11-18/h4-12H,13H2,1-3H3,(H,23,26). The molecule has 0 fully saturated rings. The second-order valence-corrected chi connectivity index (χ2v) is 7.86. The van der Waals surface area contributed by atoms with Gasteiger partial charge in [0.15, 0.2) is 0 Å². The number of hydrogen-bond donors (Lipinski definition) is 1. The summed E-state index contributed by atoms with van der Waals surface area (Å²) < 4.78 is 1.93. The van der Waals surface area contributed by atoms with Crippen LogP contribution in [0.2, 0.25) is 0 Å². The Morgan fingerprint density at radius 1 is 1.04 bits per heavy atom. The van der Waals surface area contributed by atoms with Crippen molar-refractivity contribution in [2.75, 3.05) is 0 Å². The Hall–Kier alpha value is -2.92. The number of aryl methyl sites for hydroxylation is 3. The molecule has 0 saturated carbocycles. The predicted octanol–water partition coefficient (Wildman–Crippen LogP) is 4.94. The highest BCUT2D eigenvalue weighted by atomic mass is 32.1. The minimum absolute atomic E-state index is 0.0491. The summed E-state index contributed by atoms with van der Waals surface area (Å²) in [5, 5.41) is 8.70. The maximum atomic E-state index is 12.6. The summed E-state index contributed by atoms with van der Waals surface area (Å²) in [4.78, 5) is 14.3.